The summed E-state index contributed by atoms with van der Waals surface area (Å²) in [5.41, 5.74) is 1.85. The third-order valence-electron chi connectivity index (χ3n) is 4.11. The molecule has 3 rings (SSSR count). The topological polar surface area (TPSA) is 71.5 Å². The average molecular weight is 357 g/mol. The molecule has 0 unspecified atom stereocenters. The molecule has 0 amide bonds. The third kappa shape index (κ3) is 5.57. The number of hydrogen-bond donors (Lipinski definition) is 2. The van der Waals surface area contributed by atoms with Gasteiger partial charge in [0, 0.05) is 43.6 Å². The molecular formula is C19H27N5O2. The van der Waals surface area contributed by atoms with Crippen molar-refractivity contribution in [2.24, 2.45) is 0 Å². The van der Waals surface area contributed by atoms with Crippen molar-refractivity contribution in [1.82, 2.24) is 14.9 Å². The van der Waals surface area contributed by atoms with Crippen molar-refractivity contribution in [2.45, 2.75) is 13.8 Å². The Morgan fingerprint density at radius 2 is 1.92 bits per heavy atom. The smallest absolute Gasteiger partial charge is 0.229 e. The lowest BCUT2D eigenvalue weighted by atomic mass is 10.3. The monoisotopic (exact) mass is 357 g/mol. The van der Waals surface area contributed by atoms with Crippen LogP contribution < -0.4 is 15.4 Å². The molecule has 140 valence electrons. The summed E-state index contributed by atoms with van der Waals surface area (Å²) in [6, 6.07) is 9.75. The zero-order valence-corrected chi connectivity index (χ0v) is 15.5. The minimum atomic E-state index is 0.586. The van der Waals surface area contributed by atoms with Gasteiger partial charge in [0.2, 0.25) is 5.95 Å². The van der Waals surface area contributed by atoms with Crippen LogP contribution in [-0.4, -0.2) is 60.9 Å². The van der Waals surface area contributed by atoms with E-state index >= 15 is 0 Å². The summed E-state index contributed by atoms with van der Waals surface area (Å²) >= 11 is 0. The minimum Gasteiger partial charge on any atom is -0.494 e. The van der Waals surface area contributed by atoms with Gasteiger partial charge in [0.15, 0.2) is 0 Å². The lowest BCUT2D eigenvalue weighted by Crippen LogP contribution is -2.39. The number of aryl methyl sites for hydroxylation is 1. The maximum Gasteiger partial charge on any atom is 0.229 e. The van der Waals surface area contributed by atoms with Gasteiger partial charge in [-0.15, -0.1) is 0 Å². The Hall–Kier alpha value is -2.38. The zero-order chi connectivity index (χ0) is 18.2. The quantitative estimate of drug-likeness (QED) is 0.752. The predicted molar refractivity (Wildman–Crippen MR) is 103 cm³/mol. The lowest BCUT2D eigenvalue weighted by molar-refractivity contribution is 0.0398. The normalized spacial score (nSPS) is 14.8. The molecule has 2 aromatic rings. The highest BCUT2D eigenvalue weighted by Crippen LogP contribution is 2.19. The summed E-state index contributed by atoms with van der Waals surface area (Å²) in [5, 5.41) is 6.64. The Balaban J connectivity index is 1.56. The van der Waals surface area contributed by atoms with Gasteiger partial charge in [0.05, 0.1) is 19.8 Å². The number of hydrogen-bond acceptors (Lipinski definition) is 7. The number of morpholine rings is 1. The molecule has 1 aliphatic heterocycles. The van der Waals surface area contributed by atoms with E-state index < -0.39 is 0 Å². The number of rotatable bonds is 8. The number of nitrogens with one attached hydrogen (secondary N) is 2. The van der Waals surface area contributed by atoms with Crippen LogP contribution in [0.15, 0.2) is 30.3 Å². The van der Waals surface area contributed by atoms with Crippen LogP contribution in [0.25, 0.3) is 0 Å². The molecule has 1 aromatic heterocycles. The van der Waals surface area contributed by atoms with Crippen LogP contribution in [0.1, 0.15) is 12.6 Å². The lowest BCUT2D eigenvalue weighted by Gasteiger charge is -2.26. The number of nitrogens with zero attached hydrogens (tertiary/aromatic N) is 3. The Morgan fingerprint density at radius 1 is 1.15 bits per heavy atom. The Morgan fingerprint density at radius 3 is 2.65 bits per heavy atom. The fourth-order valence-electron chi connectivity index (χ4n) is 2.81. The van der Waals surface area contributed by atoms with Crippen molar-refractivity contribution in [2.75, 3.05) is 56.6 Å². The highest BCUT2D eigenvalue weighted by Gasteiger charge is 2.10. The highest BCUT2D eigenvalue weighted by molar-refractivity contribution is 5.56. The number of benzene rings is 1. The summed E-state index contributed by atoms with van der Waals surface area (Å²) in [7, 11) is 0. The van der Waals surface area contributed by atoms with Gasteiger partial charge in [-0.1, -0.05) is 0 Å². The van der Waals surface area contributed by atoms with Crippen molar-refractivity contribution < 1.29 is 9.47 Å². The van der Waals surface area contributed by atoms with Crippen molar-refractivity contribution in [3.63, 3.8) is 0 Å². The van der Waals surface area contributed by atoms with E-state index in [1.165, 1.54) is 0 Å². The van der Waals surface area contributed by atoms with Crippen molar-refractivity contribution in [3.05, 3.63) is 36.0 Å². The largest absolute Gasteiger partial charge is 0.494 e. The van der Waals surface area contributed by atoms with Gasteiger partial charge < -0.3 is 20.1 Å². The first kappa shape index (κ1) is 18.4. The van der Waals surface area contributed by atoms with Crippen molar-refractivity contribution in [1.29, 1.82) is 0 Å². The van der Waals surface area contributed by atoms with Crippen LogP contribution in [0, 0.1) is 6.92 Å². The van der Waals surface area contributed by atoms with Gasteiger partial charge >= 0.3 is 0 Å². The average Bonchev–Trinajstić information content (AvgIpc) is 2.64. The summed E-state index contributed by atoms with van der Waals surface area (Å²) in [5.74, 6) is 2.27. The van der Waals surface area contributed by atoms with Gasteiger partial charge in [-0.3, -0.25) is 4.90 Å². The van der Waals surface area contributed by atoms with Gasteiger partial charge in [0.1, 0.15) is 11.6 Å². The number of aromatic nitrogens is 2. The first-order valence-electron chi connectivity index (χ1n) is 9.12. The molecule has 0 radical (unpaired) electrons. The third-order valence-corrected chi connectivity index (χ3v) is 4.11. The van der Waals surface area contributed by atoms with E-state index in [0.29, 0.717) is 12.6 Å². The molecule has 26 heavy (non-hydrogen) atoms. The van der Waals surface area contributed by atoms with E-state index in [2.05, 4.69) is 25.5 Å². The molecule has 0 aliphatic carbocycles. The van der Waals surface area contributed by atoms with Gasteiger partial charge in [-0.25, -0.2) is 4.98 Å². The van der Waals surface area contributed by atoms with Crippen LogP contribution in [0.4, 0.5) is 17.5 Å². The Kier molecular flexibility index (Phi) is 6.62. The van der Waals surface area contributed by atoms with Crippen LogP contribution >= 0.6 is 0 Å². The first-order chi connectivity index (χ1) is 12.7. The van der Waals surface area contributed by atoms with Crippen molar-refractivity contribution in [3.8, 4) is 5.75 Å². The molecular weight excluding hydrogens is 330 g/mol. The molecule has 7 heteroatoms. The standard InChI is InChI=1S/C19H27N5O2/c1-3-26-17-6-4-16(5-7-17)22-19-21-15(2)14-18(23-19)20-8-9-24-10-12-25-13-11-24/h4-7,14H,3,8-13H2,1-2H3,(H2,20,21,22,23). The van der Waals surface area contributed by atoms with Crippen LogP contribution in [0.2, 0.25) is 0 Å². The van der Waals surface area contributed by atoms with Gasteiger partial charge in [-0.05, 0) is 38.1 Å². The summed E-state index contributed by atoms with van der Waals surface area (Å²) in [4.78, 5) is 11.4. The molecule has 0 spiro atoms. The summed E-state index contributed by atoms with van der Waals surface area (Å²) in [6.07, 6.45) is 0. The van der Waals surface area contributed by atoms with E-state index in [4.69, 9.17) is 9.47 Å². The fourth-order valence-corrected chi connectivity index (χ4v) is 2.81. The second-order valence-electron chi connectivity index (χ2n) is 6.18. The molecule has 1 aliphatic rings. The van der Waals surface area contributed by atoms with E-state index in [9.17, 15) is 0 Å². The molecule has 1 fully saturated rings. The van der Waals surface area contributed by atoms with Crippen LogP contribution in [0.5, 0.6) is 5.75 Å². The Bertz CT molecular complexity index is 687. The number of anilines is 3. The molecule has 0 saturated carbocycles. The molecule has 1 saturated heterocycles. The van der Waals surface area contributed by atoms with E-state index in [0.717, 1.165) is 62.3 Å². The number of ether oxygens (including phenoxy) is 2. The molecule has 0 bridgehead atoms. The van der Waals surface area contributed by atoms with Crippen molar-refractivity contribution >= 4 is 17.5 Å². The maximum absolute atomic E-state index is 5.46. The molecule has 0 atom stereocenters. The van der Waals surface area contributed by atoms with E-state index in [-0.39, 0.29) is 0 Å². The molecule has 7 nitrogen and oxygen atoms in total. The van der Waals surface area contributed by atoms with E-state index in [1.54, 1.807) is 0 Å². The van der Waals surface area contributed by atoms with Crippen LogP contribution in [0.3, 0.4) is 0 Å². The van der Waals surface area contributed by atoms with Crippen LogP contribution in [-0.2, 0) is 4.74 Å². The fraction of sp³-hybridized carbons (Fsp3) is 0.474. The summed E-state index contributed by atoms with van der Waals surface area (Å²) < 4.78 is 10.8. The predicted octanol–water partition coefficient (Wildman–Crippen LogP) is 2.67. The van der Waals surface area contributed by atoms with E-state index in [1.807, 2.05) is 44.2 Å². The Labute approximate surface area is 154 Å². The minimum absolute atomic E-state index is 0.586. The van der Waals surface area contributed by atoms with Gasteiger partial charge in [0.25, 0.3) is 0 Å². The first-order valence-corrected chi connectivity index (χ1v) is 9.12. The zero-order valence-electron chi connectivity index (χ0n) is 15.5. The molecule has 2 heterocycles. The molecule has 1 aromatic carbocycles. The SMILES string of the molecule is CCOc1ccc(Nc2nc(C)cc(NCCN3CCOCC3)n2)cc1. The highest BCUT2D eigenvalue weighted by atomic mass is 16.5. The summed E-state index contributed by atoms with van der Waals surface area (Å²) in [6.45, 7) is 10.1. The molecule has 2 N–H and O–H groups in total. The second kappa shape index (κ2) is 9.35. The van der Waals surface area contributed by atoms with Gasteiger partial charge in [-0.2, -0.15) is 4.98 Å². The second-order valence-corrected chi connectivity index (χ2v) is 6.18. The maximum atomic E-state index is 5.46.